The number of allylic oxidation sites excluding steroid dienone is 4. The lowest BCUT2D eigenvalue weighted by molar-refractivity contribution is 0.425. The fourth-order valence-electron chi connectivity index (χ4n) is 6.51. The normalized spacial score (nSPS) is 16.8. The first-order chi connectivity index (χ1) is 24.0. The van der Waals surface area contributed by atoms with Crippen molar-refractivity contribution in [2.75, 3.05) is 0 Å². The van der Waals surface area contributed by atoms with E-state index in [0.29, 0.717) is 0 Å². The molecule has 0 N–H and O–H groups in total. The van der Waals surface area contributed by atoms with Gasteiger partial charge in [-0.2, -0.15) is 0 Å². The maximum Gasteiger partial charge on any atom is 0.123 e. The van der Waals surface area contributed by atoms with Gasteiger partial charge in [0, 0.05) is 11.1 Å². The topological polar surface area (TPSA) is 0 Å². The molecule has 0 aliphatic heterocycles. The van der Waals surface area contributed by atoms with Crippen LogP contribution >= 0.6 is 0 Å². The third-order valence-corrected chi connectivity index (χ3v) is 9.56. The maximum absolute atomic E-state index is 13.0. The summed E-state index contributed by atoms with van der Waals surface area (Å²) in [5.74, 6) is 14.5. The smallest absolute Gasteiger partial charge is 0.123 e. The lowest BCUT2D eigenvalue weighted by Gasteiger charge is -2.19. The Morgan fingerprint density at radius 3 is 1.22 bits per heavy atom. The highest BCUT2D eigenvalue weighted by atomic mass is 19.1. The fraction of sp³-hybridized carbons (Fsp3) is 0.319. The van der Waals surface area contributed by atoms with E-state index in [1.54, 1.807) is 24.3 Å². The average Bonchev–Trinajstić information content (AvgIpc) is 3.15. The van der Waals surface area contributed by atoms with Gasteiger partial charge >= 0.3 is 0 Å². The molecule has 2 aliphatic carbocycles. The predicted octanol–water partition coefficient (Wildman–Crippen LogP) is 13.1. The zero-order valence-corrected chi connectivity index (χ0v) is 29.1. The Labute approximate surface area is 293 Å². The van der Waals surface area contributed by atoms with E-state index < -0.39 is 0 Å². The van der Waals surface area contributed by atoms with Crippen LogP contribution in [0.2, 0.25) is 0 Å². The van der Waals surface area contributed by atoms with Crippen molar-refractivity contribution < 1.29 is 8.78 Å². The van der Waals surface area contributed by atoms with Gasteiger partial charge in [-0.15, -0.1) is 0 Å². The summed E-state index contributed by atoms with van der Waals surface area (Å²) in [7, 11) is 0. The second kappa shape index (κ2) is 18.8. The molecule has 0 saturated heterocycles. The highest BCUT2D eigenvalue weighted by Crippen LogP contribution is 2.28. The van der Waals surface area contributed by atoms with Crippen LogP contribution < -0.4 is 0 Å². The molecule has 0 amide bonds. The average molecular weight is 651 g/mol. The van der Waals surface area contributed by atoms with Crippen LogP contribution in [0.3, 0.4) is 0 Å². The molecular weight excluding hydrogens is 603 g/mol. The Kier molecular flexibility index (Phi) is 13.7. The Hall–Kier alpha value is -4.66. The lowest BCUT2D eigenvalue weighted by atomic mass is 9.86. The van der Waals surface area contributed by atoms with Crippen molar-refractivity contribution in [1.82, 2.24) is 0 Å². The second-order valence-electron chi connectivity index (χ2n) is 13.3. The molecule has 2 unspecified atom stereocenters. The Morgan fingerprint density at radius 2 is 0.878 bits per heavy atom. The second-order valence-corrected chi connectivity index (χ2v) is 13.3. The van der Waals surface area contributed by atoms with Crippen molar-refractivity contribution >= 4 is 0 Å². The summed E-state index contributed by atoms with van der Waals surface area (Å²) < 4.78 is 26.0. The lowest BCUT2D eigenvalue weighted by Crippen LogP contribution is -2.05. The molecule has 2 aliphatic rings. The summed E-state index contributed by atoms with van der Waals surface area (Å²) in [4.78, 5) is 0. The van der Waals surface area contributed by atoms with Gasteiger partial charge in [-0.1, -0.05) is 130 Å². The van der Waals surface area contributed by atoms with Gasteiger partial charge in [0.05, 0.1) is 0 Å². The maximum atomic E-state index is 13.0. The molecule has 0 bridgehead atoms. The Balaban J connectivity index is 0.000000191. The van der Waals surface area contributed by atoms with Gasteiger partial charge in [0.1, 0.15) is 11.6 Å². The quantitative estimate of drug-likeness (QED) is 0.175. The molecule has 0 heterocycles. The SMILES string of the molecule is CCCC1CC=C(C#Cc2ccc(-c3ccc(F)cc3)cc2)CC1.CCCCC1CC=C(C#Cc2ccc(-c3ccc(F)cc3)cc2)CC1. The number of hydrogen-bond acceptors (Lipinski definition) is 0. The monoisotopic (exact) mass is 650 g/mol. The number of unbranched alkanes of at least 4 members (excludes halogenated alkanes) is 1. The first-order valence-corrected chi connectivity index (χ1v) is 18.1. The van der Waals surface area contributed by atoms with Crippen LogP contribution in [0.25, 0.3) is 22.3 Å². The van der Waals surface area contributed by atoms with Crippen LogP contribution in [0, 0.1) is 47.2 Å². The predicted molar refractivity (Wildman–Crippen MR) is 203 cm³/mol. The summed E-state index contributed by atoms with van der Waals surface area (Å²) in [6.07, 6.45) is 18.4. The molecular formula is C47H48F2. The molecule has 0 fully saturated rings. The van der Waals surface area contributed by atoms with Gasteiger partial charge in [0.2, 0.25) is 0 Å². The minimum atomic E-state index is -0.205. The molecule has 0 saturated carbocycles. The Morgan fingerprint density at radius 1 is 0.490 bits per heavy atom. The zero-order valence-electron chi connectivity index (χ0n) is 29.1. The molecule has 250 valence electrons. The molecule has 2 heteroatoms. The zero-order chi connectivity index (χ0) is 34.3. The molecule has 4 aromatic rings. The highest BCUT2D eigenvalue weighted by molar-refractivity contribution is 5.65. The van der Waals surface area contributed by atoms with Crippen molar-refractivity contribution in [2.24, 2.45) is 11.8 Å². The van der Waals surface area contributed by atoms with Gasteiger partial charge in [0.25, 0.3) is 0 Å². The minimum Gasteiger partial charge on any atom is -0.207 e. The van der Waals surface area contributed by atoms with Crippen molar-refractivity contribution in [3.05, 3.63) is 143 Å². The molecule has 0 radical (unpaired) electrons. The standard InChI is InChI=1S/C24H25F.C23H23F/c1-2-3-4-19-5-7-20(8-6-19)9-10-21-11-13-22(14-12-21)23-15-17-24(25)18-16-23;1-2-3-18-4-6-19(7-5-18)8-9-20-10-12-21(13-11-20)22-14-16-23(24)17-15-22/h7,11-19H,2-6,8H2,1H3;6,10-18H,2-5,7H2,1H3. The van der Waals surface area contributed by atoms with Crippen LogP contribution in [-0.2, 0) is 0 Å². The van der Waals surface area contributed by atoms with Crippen LogP contribution in [-0.4, -0.2) is 0 Å². The van der Waals surface area contributed by atoms with E-state index in [1.165, 1.54) is 93.2 Å². The van der Waals surface area contributed by atoms with Gasteiger partial charge in [-0.25, -0.2) is 8.78 Å². The van der Waals surface area contributed by atoms with E-state index >= 15 is 0 Å². The largest absolute Gasteiger partial charge is 0.207 e. The summed E-state index contributed by atoms with van der Waals surface area (Å²) >= 11 is 0. The van der Waals surface area contributed by atoms with Gasteiger partial charge < -0.3 is 0 Å². The number of halogens is 2. The number of rotatable bonds is 7. The molecule has 0 aromatic heterocycles. The van der Waals surface area contributed by atoms with Crippen LogP contribution in [0.5, 0.6) is 0 Å². The molecule has 49 heavy (non-hydrogen) atoms. The molecule has 2 atom stereocenters. The van der Waals surface area contributed by atoms with E-state index in [9.17, 15) is 8.78 Å². The fourth-order valence-corrected chi connectivity index (χ4v) is 6.51. The van der Waals surface area contributed by atoms with Crippen molar-refractivity contribution in [2.45, 2.75) is 84.5 Å². The van der Waals surface area contributed by atoms with Crippen molar-refractivity contribution in [3.8, 4) is 45.9 Å². The first-order valence-electron chi connectivity index (χ1n) is 18.1. The Bertz CT molecular complexity index is 1800. The van der Waals surface area contributed by atoms with E-state index in [1.807, 2.05) is 48.5 Å². The van der Waals surface area contributed by atoms with Gasteiger partial charge in [-0.3, -0.25) is 0 Å². The summed E-state index contributed by atoms with van der Waals surface area (Å²) in [5, 5.41) is 0. The number of hydrogen-bond donors (Lipinski definition) is 0. The van der Waals surface area contributed by atoms with E-state index in [4.69, 9.17) is 0 Å². The van der Waals surface area contributed by atoms with Crippen LogP contribution in [0.15, 0.2) is 120 Å². The van der Waals surface area contributed by atoms with Crippen molar-refractivity contribution in [1.29, 1.82) is 0 Å². The number of benzene rings is 4. The van der Waals surface area contributed by atoms with E-state index in [0.717, 1.165) is 58.1 Å². The van der Waals surface area contributed by atoms with Gasteiger partial charge in [0.15, 0.2) is 0 Å². The summed E-state index contributed by atoms with van der Waals surface area (Å²) in [6.45, 7) is 4.52. The van der Waals surface area contributed by atoms with E-state index in [-0.39, 0.29) is 11.6 Å². The summed E-state index contributed by atoms with van der Waals surface area (Å²) in [5.41, 5.74) is 8.83. The molecule has 0 nitrogen and oxygen atoms in total. The third-order valence-electron chi connectivity index (χ3n) is 9.56. The minimum absolute atomic E-state index is 0.205. The molecule has 4 aromatic carbocycles. The van der Waals surface area contributed by atoms with E-state index in [2.05, 4.69) is 49.7 Å². The third kappa shape index (κ3) is 11.5. The highest BCUT2D eigenvalue weighted by Gasteiger charge is 2.13. The molecule has 0 spiro atoms. The van der Waals surface area contributed by atoms with Crippen LogP contribution in [0.4, 0.5) is 8.78 Å². The van der Waals surface area contributed by atoms with Crippen molar-refractivity contribution in [3.63, 3.8) is 0 Å². The summed E-state index contributed by atoms with van der Waals surface area (Å²) in [6, 6.07) is 29.5. The van der Waals surface area contributed by atoms with Crippen LogP contribution in [0.1, 0.15) is 95.6 Å². The molecule has 6 rings (SSSR count). The van der Waals surface area contributed by atoms with Gasteiger partial charge in [-0.05, 0) is 132 Å². The first kappa shape index (κ1) is 35.6.